The van der Waals surface area contributed by atoms with Crippen molar-refractivity contribution in [3.8, 4) is 0 Å². The van der Waals surface area contributed by atoms with Crippen molar-refractivity contribution in [1.82, 2.24) is 15.2 Å². The van der Waals surface area contributed by atoms with E-state index in [1.54, 1.807) is 0 Å². The fourth-order valence-electron chi connectivity index (χ4n) is 2.96. The molecule has 1 aromatic carbocycles. The summed E-state index contributed by atoms with van der Waals surface area (Å²) in [4.78, 5) is 7.02. The highest BCUT2D eigenvalue weighted by molar-refractivity contribution is 5.19. The number of nitrogens with zero attached hydrogens (tertiary/aromatic N) is 2. The summed E-state index contributed by atoms with van der Waals surface area (Å²) >= 11 is 0. The fourth-order valence-corrected chi connectivity index (χ4v) is 2.96. The van der Waals surface area contributed by atoms with Crippen molar-refractivity contribution in [2.24, 2.45) is 0 Å². The first-order valence-electron chi connectivity index (χ1n) is 7.75. The second-order valence-corrected chi connectivity index (χ2v) is 5.81. The second-order valence-electron chi connectivity index (χ2n) is 5.81. The lowest BCUT2D eigenvalue weighted by Gasteiger charge is -2.29. The highest BCUT2D eigenvalue weighted by atomic mass is 15.2. The minimum Gasteiger partial charge on any atom is -0.309 e. The van der Waals surface area contributed by atoms with Gasteiger partial charge in [0.1, 0.15) is 0 Å². The zero-order valence-corrected chi connectivity index (χ0v) is 12.6. The summed E-state index contributed by atoms with van der Waals surface area (Å²) in [5.41, 5.74) is 2.52. The predicted molar refractivity (Wildman–Crippen MR) is 85.9 cm³/mol. The molecule has 1 saturated heterocycles. The first-order chi connectivity index (χ1) is 10.3. The topological polar surface area (TPSA) is 28.2 Å². The van der Waals surface area contributed by atoms with Gasteiger partial charge in [-0.3, -0.25) is 9.88 Å². The van der Waals surface area contributed by atoms with Gasteiger partial charge in [0.2, 0.25) is 0 Å². The molecule has 1 aliphatic heterocycles. The van der Waals surface area contributed by atoms with Crippen molar-refractivity contribution < 1.29 is 0 Å². The maximum atomic E-state index is 4.47. The van der Waals surface area contributed by atoms with E-state index < -0.39 is 0 Å². The van der Waals surface area contributed by atoms with Gasteiger partial charge in [-0.05, 0) is 37.6 Å². The summed E-state index contributed by atoms with van der Waals surface area (Å²) in [5, 5.41) is 3.68. The van der Waals surface area contributed by atoms with E-state index in [0.717, 1.165) is 25.3 Å². The Balaban J connectivity index is 1.75. The highest BCUT2D eigenvalue weighted by Crippen LogP contribution is 2.21. The number of nitrogens with one attached hydrogen (secondary N) is 1. The summed E-state index contributed by atoms with van der Waals surface area (Å²) in [7, 11) is 0. The molecule has 0 spiro atoms. The van der Waals surface area contributed by atoms with E-state index in [0.29, 0.717) is 12.1 Å². The van der Waals surface area contributed by atoms with E-state index in [-0.39, 0.29) is 0 Å². The summed E-state index contributed by atoms with van der Waals surface area (Å²) in [6, 6.07) is 17.9. The molecule has 3 heteroatoms. The molecule has 3 rings (SSSR count). The number of hydrogen-bond acceptors (Lipinski definition) is 3. The standard InChI is InChI=1S/C18H23N3/c1-15-10-12-20-18(16-7-3-2-4-8-16)14-21(15)13-17-9-5-6-11-19-17/h2-9,11,15,18,20H,10,12-14H2,1H3. The first-order valence-corrected chi connectivity index (χ1v) is 7.75. The van der Waals surface area contributed by atoms with E-state index in [1.807, 2.05) is 12.3 Å². The van der Waals surface area contributed by atoms with Crippen molar-refractivity contribution >= 4 is 0 Å². The molecule has 2 heterocycles. The van der Waals surface area contributed by atoms with E-state index in [4.69, 9.17) is 0 Å². The molecule has 1 aliphatic rings. The van der Waals surface area contributed by atoms with Gasteiger partial charge in [-0.15, -0.1) is 0 Å². The van der Waals surface area contributed by atoms with Gasteiger partial charge in [-0.2, -0.15) is 0 Å². The molecule has 0 amide bonds. The van der Waals surface area contributed by atoms with Crippen LogP contribution < -0.4 is 5.32 Å². The van der Waals surface area contributed by atoms with Crippen LogP contribution in [0.5, 0.6) is 0 Å². The Morgan fingerprint density at radius 3 is 2.71 bits per heavy atom. The van der Waals surface area contributed by atoms with Crippen LogP contribution in [0.3, 0.4) is 0 Å². The van der Waals surface area contributed by atoms with Crippen LogP contribution in [-0.4, -0.2) is 29.0 Å². The third-order valence-corrected chi connectivity index (χ3v) is 4.29. The van der Waals surface area contributed by atoms with Crippen LogP contribution in [0.1, 0.15) is 30.6 Å². The molecule has 2 unspecified atom stereocenters. The van der Waals surface area contributed by atoms with Gasteiger partial charge in [-0.25, -0.2) is 0 Å². The van der Waals surface area contributed by atoms with Gasteiger partial charge < -0.3 is 5.32 Å². The first kappa shape index (κ1) is 14.2. The molecular weight excluding hydrogens is 258 g/mol. The molecule has 3 nitrogen and oxygen atoms in total. The van der Waals surface area contributed by atoms with Crippen LogP contribution in [0.2, 0.25) is 0 Å². The number of benzene rings is 1. The van der Waals surface area contributed by atoms with E-state index in [9.17, 15) is 0 Å². The fraction of sp³-hybridized carbons (Fsp3) is 0.389. The number of rotatable bonds is 3. The summed E-state index contributed by atoms with van der Waals surface area (Å²) in [6.07, 6.45) is 3.06. The Bertz CT molecular complexity index is 541. The summed E-state index contributed by atoms with van der Waals surface area (Å²) < 4.78 is 0. The van der Waals surface area contributed by atoms with Crippen molar-refractivity contribution in [3.63, 3.8) is 0 Å². The summed E-state index contributed by atoms with van der Waals surface area (Å²) in [6.45, 7) is 5.34. The van der Waals surface area contributed by atoms with Crippen LogP contribution in [0, 0.1) is 0 Å². The maximum Gasteiger partial charge on any atom is 0.0544 e. The molecule has 0 aliphatic carbocycles. The average Bonchev–Trinajstić information content (AvgIpc) is 2.72. The lowest BCUT2D eigenvalue weighted by atomic mass is 10.1. The Labute approximate surface area is 127 Å². The summed E-state index contributed by atoms with van der Waals surface area (Å²) in [5.74, 6) is 0. The minimum atomic E-state index is 0.403. The molecule has 110 valence electrons. The zero-order valence-electron chi connectivity index (χ0n) is 12.6. The van der Waals surface area contributed by atoms with Crippen molar-refractivity contribution in [2.45, 2.75) is 32.0 Å². The Kier molecular flexibility index (Phi) is 4.63. The average molecular weight is 281 g/mol. The Morgan fingerprint density at radius 2 is 1.95 bits per heavy atom. The van der Waals surface area contributed by atoms with Gasteiger partial charge in [-0.1, -0.05) is 36.4 Å². The largest absolute Gasteiger partial charge is 0.309 e. The van der Waals surface area contributed by atoms with Gasteiger partial charge >= 0.3 is 0 Å². The predicted octanol–water partition coefficient (Wildman–Crippen LogP) is 3.01. The highest BCUT2D eigenvalue weighted by Gasteiger charge is 2.23. The third kappa shape index (κ3) is 3.69. The third-order valence-electron chi connectivity index (χ3n) is 4.29. The van der Waals surface area contributed by atoms with Crippen LogP contribution in [0.4, 0.5) is 0 Å². The van der Waals surface area contributed by atoms with E-state index in [2.05, 4.69) is 64.6 Å². The number of hydrogen-bond donors (Lipinski definition) is 1. The van der Waals surface area contributed by atoms with Crippen LogP contribution >= 0.6 is 0 Å². The molecule has 1 N–H and O–H groups in total. The van der Waals surface area contributed by atoms with Crippen LogP contribution in [0.25, 0.3) is 0 Å². The molecule has 1 fully saturated rings. The van der Waals surface area contributed by atoms with Gasteiger partial charge in [0.25, 0.3) is 0 Å². The lowest BCUT2D eigenvalue weighted by molar-refractivity contribution is 0.194. The van der Waals surface area contributed by atoms with E-state index >= 15 is 0 Å². The Hall–Kier alpha value is -1.71. The van der Waals surface area contributed by atoms with Gasteiger partial charge in [0.15, 0.2) is 0 Å². The zero-order chi connectivity index (χ0) is 14.5. The van der Waals surface area contributed by atoms with Crippen LogP contribution in [0.15, 0.2) is 54.7 Å². The molecule has 0 bridgehead atoms. The number of pyridine rings is 1. The molecule has 2 aromatic rings. The van der Waals surface area contributed by atoms with Gasteiger partial charge in [0.05, 0.1) is 5.69 Å². The number of aromatic nitrogens is 1. The normalized spacial score (nSPS) is 23.7. The smallest absolute Gasteiger partial charge is 0.0544 e. The second kappa shape index (κ2) is 6.83. The molecule has 21 heavy (non-hydrogen) atoms. The molecule has 0 radical (unpaired) electrons. The molecular formula is C18H23N3. The minimum absolute atomic E-state index is 0.403. The van der Waals surface area contributed by atoms with Crippen molar-refractivity contribution in [3.05, 3.63) is 66.0 Å². The van der Waals surface area contributed by atoms with Crippen molar-refractivity contribution in [2.75, 3.05) is 13.1 Å². The molecule has 0 saturated carbocycles. The van der Waals surface area contributed by atoms with Gasteiger partial charge in [0, 0.05) is 31.4 Å². The molecule has 2 atom stereocenters. The lowest BCUT2D eigenvalue weighted by Crippen LogP contribution is -2.35. The quantitative estimate of drug-likeness (QED) is 0.937. The monoisotopic (exact) mass is 281 g/mol. The SMILES string of the molecule is CC1CCNC(c2ccccc2)CN1Cc1ccccn1. The van der Waals surface area contributed by atoms with Crippen molar-refractivity contribution in [1.29, 1.82) is 0 Å². The van der Waals surface area contributed by atoms with E-state index in [1.165, 1.54) is 12.0 Å². The maximum absolute atomic E-state index is 4.47. The Morgan fingerprint density at radius 1 is 1.14 bits per heavy atom. The molecule has 1 aromatic heterocycles. The van der Waals surface area contributed by atoms with Crippen LogP contribution in [-0.2, 0) is 6.54 Å².